The summed E-state index contributed by atoms with van der Waals surface area (Å²) in [7, 11) is 0. The number of aromatic nitrogens is 1. The number of hydrogen-bond acceptors (Lipinski definition) is 2. The molecule has 0 radical (unpaired) electrons. The quantitative estimate of drug-likeness (QED) is 0.769. The number of H-pyrrole nitrogens is 1. The number of aliphatic hydroxyl groups excluding tert-OH is 1. The van der Waals surface area contributed by atoms with Crippen LogP contribution >= 0.6 is 0 Å². The lowest BCUT2D eigenvalue weighted by molar-refractivity contribution is -0.123. The fourth-order valence-corrected chi connectivity index (χ4v) is 2.00. The molecule has 1 aromatic carbocycles. The summed E-state index contributed by atoms with van der Waals surface area (Å²) in [4.78, 5) is 14.9. The van der Waals surface area contributed by atoms with Crippen LogP contribution in [-0.2, 0) is 11.2 Å². The van der Waals surface area contributed by atoms with Crippen LogP contribution < -0.4 is 5.32 Å². The highest BCUT2D eigenvalue weighted by Gasteiger charge is 2.18. The number of rotatable bonds is 5. The number of amides is 1. The van der Waals surface area contributed by atoms with Gasteiger partial charge in [-0.25, -0.2) is 0 Å². The molecule has 1 aromatic heterocycles. The highest BCUT2D eigenvalue weighted by atomic mass is 16.3. The first kappa shape index (κ1) is 13.6. The summed E-state index contributed by atoms with van der Waals surface area (Å²) in [5.41, 5.74) is 1.69. The summed E-state index contributed by atoms with van der Waals surface area (Å²) in [6.07, 6.45) is 3.04. The average Bonchev–Trinajstić information content (AvgIpc) is 2.83. The first-order chi connectivity index (χ1) is 9.00. The Morgan fingerprint density at radius 3 is 2.89 bits per heavy atom. The van der Waals surface area contributed by atoms with E-state index in [9.17, 15) is 4.79 Å². The summed E-state index contributed by atoms with van der Waals surface area (Å²) in [6, 6.07) is 8.17. The molecule has 102 valence electrons. The molecule has 0 aliphatic carbocycles. The Balaban J connectivity index is 1.93. The van der Waals surface area contributed by atoms with Crippen LogP contribution in [0.1, 0.15) is 25.8 Å². The molecular weight excluding hydrogens is 240 g/mol. The molecule has 19 heavy (non-hydrogen) atoms. The molecule has 0 unspecified atom stereocenters. The van der Waals surface area contributed by atoms with E-state index in [4.69, 9.17) is 5.11 Å². The number of carbonyl (C=O) groups is 1. The van der Waals surface area contributed by atoms with Crippen molar-refractivity contribution >= 4 is 16.8 Å². The number of hydrogen-bond donors (Lipinski definition) is 3. The smallest absolute Gasteiger partial charge is 0.220 e. The topological polar surface area (TPSA) is 65.1 Å². The van der Waals surface area contributed by atoms with E-state index in [1.165, 1.54) is 0 Å². The molecule has 4 nitrogen and oxygen atoms in total. The molecule has 3 N–H and O–H groups in total. The van der Waals surface area contributed by atoms with Gasteiger partial charge in [0.05, 0.1) is 12.1 Å². The van der Waals surface area contributed by atoms with E-state index in [1.807, 2.05) is 24.4 Å². The van der Waals surface area contributed by atoms with Gasteiger partial charge in [-0.2, -0.15) is 0 Å². The summed E-state index contributed by atoms with van der Waals surface area (Å²) in [5, 5.41) is 13.1. The second-order valence-corrected chi connectivity index (χ2v) is 5.49. The van der Waals surface area contributed by atoms with E-state index >= 15 is 0 Å². The van der Waals surface area contributed by atoms with E-state index in [0.717, 1.165) is 16.5 Å². The zero-order chi connectivity index (χ0) is 13.9. The Bertz CT molecular complexity index is 572. The molecule has 1 heterocycles. The third kappa shape index (κ3) is 3.58. The minimum Gasteiger partial charge on any atom is -0.394 e. The van der Waals surface area contributed by atoms with Crippen LogP contribution in [0, 0.1) is 0 Å². The molecule has 0 fully saturated rings. The van der Waals surface area contributed by atoms with E-state index < -0.39 is 5.54 Å². The van der Waals surface area contributed by atoms with Gasteiger partial charge in [0, 0.05) is 18.1 Å². The van der Waals surface area contributed by atoms with Crippen LogP contribution in [-0.4, -0.2) is 28.1 Å². The van der Waals surface area contributed by atoms with Gasteiger partial charge in [0.2, 0.25) is 5.91 Å². The van der Waals surface area contributed by atoms with Crippen molar-refractivity contribution < 1.29 is 9.90 Å². The average molecular weight is 260 g/mol. The van der Waals surface area contributed by atoms with Gasteiger partial charge in [-0.3, -0.25) is 4.79 Å². The monoisotopic (exact) mass is 260 g/mol. The predicted octanol–water partition coefficient (Wildman–Crippen LogP) is 1.99. The lowest BCUT2D eigenvalue weighted by atomic mass is 10.0. The lowest BCUT2D eigenvalue weighted by Gasteiger charge is -2.23. The maximum absolute atomic E-state index is 11.8. The zero-order valence-electron chi connectivity index (χ0n) is 11.4. The van der Waals surface area contributed by atoms with Crippen molar-refractivity contribution in [2.75, 3.05) is 6.61 Å². The zero-order valence-corrected chi connectivity index (χ0v) is 11.4. The molecule has 0 saturated heterocycles. The SMILES string of the molecule is CC(C)(CO)NC(=O)CCc1ccc2[nH]ccc2c1. The Kier molecular flexibility index (Phi) is 3.90. The molecule has 0 atom stereocenters. The predicted molar refractivity (Wildman–Crippen MR) is 75.9 cm³/mol. The van der Waals surface area contributed by atoms with Gasteiger partial charge in [-0.05, 0) is 49.4 Å². The van der Waals surface area contributed by atoms with Crippen molar-refractivity contribution in [1.29, 1.82) is 0 Å². The summed E-state index contributed by atoms with van der Waals surface area (Å²) in [6.45, 7) is 3.54. The van der Waals surface area contributed by atoms with E-state index in [-0.39, 0.29) is 12.5 Å². The first-order valence-corrected chi connectivity index (χ1v) is 6.48. The number of fused-ring (bicyclic) bond motifs is 1. The van der Waals surface area contributed by atoms with Gasteiger partial charge in [0.25, 0.3) is 0 Å². The van der Waals surface area contributed by atoms with Crippen molar-refractivity contribution in [2.24, 2.45) is 0 Å². The summed E-state index contributed by atoms with van der Waals surface area (Å²) in [5.74, 6) is -0.0341. The number of aliphatic hydroxyl groups is 1. The maximum atomic E-state index is 11.8. The number of aryl methyl sites for hydroxylation is 1. The second kappa shape index (κ2) is 5.45. The van der Waals surface area contributed by atoms with Gasteiger partial charge < -0.3 is 15.4 Å². The second-order valence-electron chi connectivity index (χ2n) is 5.49. The number of benzene rings is 1. The van der Waals surface area contributed by atoms with E-state index in [1.54, 1.807) is 13.8 Å². The standard InChI is InChI=1S/C15H20N2O2/c1-15(2,10-18)17-14(19)6-4-11-3-5-13-12(9-11)7-8-16-13/h3,5,7-9,16,18H,4,6,10H2,1-2H3,(H,17,19). The molecular formula is C15H20N2O2. The largest absolute Gasteiger partial charge is 0.394 e. The molecule has 0 bridgehead atoms. The Morgan fingerprint density at radius 2 is 2.16 bits per heavy atom. The normalized spacial score (nSPS) is 11.7. The van der Waals surface area contributed by atoms with Gasteiger partial charge in [-0.1, -0.05) is 6.07 Å². The minimum atomic E-state index is -0.554. The minimum absolute atomic E-state index is 0.0341. The molecule has 2 rings (SSSR count). The van der Waals surface area contributed by atoms with E-state index in [2.05, 4.69) is 16.4 Å². The number of carbonyl (C=O) groups excluding carboxylic acids is 1. The van der Waals surface area contributed by atoms with Gasteiger partial charge in [0.15, 0.2) is 0 Å². The molecule has 0 aliphatic heterocycles. The van der Waals surface area contributed by atoms with Crippen molar-refractivity contribution in [3.8, 4) is 0 Å². The molecule has 0 saturated carbocycles. The third-order valence-corrected chi connectivity index (χ3v) is 3.13. The lowest BCUT2D eigenvalue weighted by Crippen LogP contribution is -2.46. The highest BCUT2D eigenvalue weighted by Crippen LogP contribution is 2.15. The van der Waals surface area contributed by atoms with Crippen LogP contribution in [0.3, 0.4) is 0 Å². The van der Waals surface area contributed by atoms with Crippen LogP contribution in [0.2, 0.25) is 0 Å². The molecule has 1 amide bonds. The maximum Gasteiger partial charge on any atom is 0.220 e. The summed E-state index contributed by atoms with van der Waals surface area (Å²) < 4.78 is 0. The molecule has 4 heteroatoms. The van der Waals surface area contributed by atoms with Gasteiger partial charge in [-0.15, -0.1) is 0 Å². The van der Waals surface area contributed by atoms with Crippen LogP contribution in [0.25, 0.3) is 10.9 Å². The number of nitrogens with one attached hydrogen (secondary N) is 2. The molecule has 0 spiro atoms. The first-order valence-electron chi connectivity index (χ1n) is 6.48. The van der Waals surface area contributed by atoms with Crippen molar-refractivity contribution in [3.63, 3.8) is 0 Å². The van der Waals surface area contributed by atoms with Crippen LogP contribution in [0.4, 0.5) is 0 Å². The fraction of sp³-hybridized carbons (Fsp3) is 0.400. The van der Waals surface area contributed by atoms with Crippen LogP contribution in [0.15, 0.2) is 30.5 Å². The van der Waals surface area contributed by atoms with Crippen LogP contribution in [0.5, 0.6) is 0 Å². The van der Waals surface area contributed by atoms with Crippen molar-refractivity contribution in [3.05, 3.63) is 36.0 Å². The fourth-order valence-electron chi connectivity index (χ4n) is 2.00. The van der Waals surface area contributed by atoms with Gasteiger partial charge >= 0.3 is 0 Å². The van der Waals surface area contributed by atoms with Crippen molar-refractivity contribution in [1.82, 2.24) is 10.3 Å². The van der Waals surface area contributed by atoms with E-state index in [0.29, 0.717) is 12.8 Å². The Morgan fingerprint density at radius 1 is 1.37 bits per heavy atom. The Labute approximate surface area is 112 Å². The van der Waals surface area contributed by atoms with Crippen molar-refractivity contribution in [2.45, 2.75) is 32.2 Å². The highest BCUT2D eigenvalue weighted by molar-refractivity contribution is 5.80. The Hall–Kier alpha value is -1.81. The summed E-state index contributed by atoms with van der Waals surface area (Å²) >= 11 is 0. The molecule has 0 aliphatic rings. The number of aromatic amines is 1. The van der Waals surface area contributed by atoms with Gasteiger partial charge in [0.1, 0.15) is 0 Å². The molecule has 2 aromatic rings. The third-order valence-electron chi connectivity index (χ3n) is 3.13.